The first-order valence-electron chi connectivity index (χ1n) is 7.63. The summed E-state index contributed by atoms with van der Waals surface area (Å²) in [5.41, 5.74) is 1.28. The Morgan fingerprint density at radius 2 is 1.75 bits per heavy atom. The van der Waals surface area contributed by atoms with Crippen molar-refractivity contribution >= 4 is 0 Å². The summed E-state index contributed by atoms with van der Waals surface area (Å²) in [6.07, 6.45) is 3.57. The van der Waals surface area contributed by atoms with Gasteiger partial charge in [0.1, 0.15) is 0 Å². The van der Waals surface area contributed by atoms with Crippen LogP contribution in [0, 0.1) is 5.92 Å². The number of nitrogens with one attached hydrogen (secondary N) is 1. The minimum atomic E-state index is 0.370. The smallest absolute Gasteiger partial charge is 0.161 e. The molecule has 114 valence electrons. The normalized spacial score (nSPS) is 13.8. The standard InChI is InChI=1S/C17H29NO2/c1-6-8-13(3)17(18-11-7-2)14-9-10-15(19-4)16(12-14)20-5/h9-10,12-13,17-18H,6-8,11H2,1-5H3. The minimum absolute atomic E-state index is 0.370. The van der Waals surface area contributed by atoms with E-state index >= 15 is 0 Å². The zero-order chi connectivity index (χ0) is 15.0. The largest absolute Gasteiger partial charge is 0.493 e. The Hall–Kier alpha value is -1.22. The second-order valence-corrected chi connectivity index (χ2v) is 5.31. The Balaban J connectivity index is 2.99. The predicted molar refractivity (Wildman–Crippen MR) is 84.7 cm³/mol. The molecule has 0 bridgehead atoms. The lowest BCUT2D eigenvalue weighted by Gasteiger charge is -2.26. The van der Waals surface area contributed by atoms with Crippen molar-refractivity contribution in [2.75, 3.05) is 20.8 Å². The van der Waals surface area contributed by atoms with Crippen LogP contribution >= 0.6 is 0 Å². The molecule has 2 atom stereocenters. The average molecular weight is 279 g/mol. The number of ether oxygens (including phenoxy) is 2. The molecule has 0 aliphatic heterocycles. The molecular formula is C17H29NO2. The molecule has 0 saturated heterocycles. The van der Waals surface area contributed by atoms with Crippen molar-refractivity contribution < 1.29 is 9.47 Å². The Labute approximate surface area is 123 Å². The SMILES string of the molecule is CCCNC(c1ccc(OC)c(OC)c1)C(C)CCC. The predicted octanol–water partition coefficient (Wildman–Crippen LogP) is 4.18. The highest BCUT2D eigenvalue weighted by Gasteiger charge is 2.19. The molecule has 0 heterocycles. The van der Waals surface area contributed by atoms with E-state index < -0.39 is 0 Å². The number of methoxy groups -OCH3 is 2. The molecule has 1 aromatic carbocycles. The van der Waals surface area contributed by atoms with E-state index in [2.05, 4.69) is 38.2 Å². The number of benzene rings is 1. The van der Waals surface area contributed by atoms with E-state index in [1.807, 2.05) is 6.07 Å². The molecular weight excluding hydrogens is 250 g/mol. The molecule has 0 fully saturated rings. The van der Waals surface area contributed by atoms with Crippen molar-refractivity contribution in [1.29, 1.82) is 0 Å². The van der Waals surface area contributed by atoms with Gasteiger partial charge in [-0.25, -0.2) is 0 Å². The third-order valence-corrected chi connectivity index (χ3v) is 3.69. The second-order valence-electron chi connectivity index (χ2n) is 5.31. The van der Waals surface area contributed by atoms with Crippen molar-refractivity contribution in [1.82, 2.24) is 5.32 Å². The second kappa shape index (κ2) is 8.85. The summed E-state index contributed by atoms with van der Waals surface area (Å²) in [5.74, 6) is 2.19. The van der Waals surface area contributed by atoms with E-state index in [0.717, 1.165) is 24.5 Å². The van der Waals surface area contributed by atoms with Crippen molar-refractivity contribution in [3.63, 3.8) is 0 Å². The lowest BCUT2D eigenvalue weighted by molar-refractivity contribution is 0.345. The number of hydrogen-bond donors (Lipinski definition) is 1. The van der Waals surface area contributed by atoms with Gasteiger partial charge in [-0.15, -0.1) is 0 Å². The summed E-state index contributed by atoms with van der Waals surface area (Å²) >= 11 is 0. The molecule has 0 radical (unpaired) electrons. The fraction of sp³-hybridized carbons (Fsp3) is 0.647. The maximum absolute atomic E-state index is 5.42. The number of rotatable bonds is 9. The highest BCUT2D eigenvalue weighted by molar-refractivity contribution is 5.43. The van der Waals surface area contributed by atoms with Crippen molar-refractivity contribution in [3.8, 4) is 11.5 Å². The Kier molecular flexibility index (Phi) is 7.45. The molecule has 3 heteroatoms. The van der Waals surface area contributed by atoms with Crippen LogP contribution in [0.15, 0.2) is 18.2 Å². The van der Waals surface area contributed by atoms with Gasteiger partial charge >= 0.3 is 0 Å². The van der Waals surface area contributed by atoms with E-state index in [1.165, 1.54) is 18.4 Å². The van der Waals surface area contributed by atoms with E-state index in [-0.39, 0.29) is 0 Å². The van der Waals surface area contributed by atoms with Crippen LogP contribution in [0.5, 0.6) is 11.5 Å². The summed E-state index contributed by atoms with van der Waals surface area (Å²) in [6, 6.07) is 6.60. The van der Waals surface area contributed by atoms with Gasteiger partial charge in [-0.1, -0.05) is 33.3 Å². The summed E-state index contributed by atoms with van der Waals surface area (Å²) < 4.78 is 10.7. The van der Waals surface area contributed by atoms with E-state index in [1.54, 1.807) is 14.2 Å². The fourth-order valence-electron chi connectivity index (χ4n) is 2.62. The van der Waals surface area contributed by atoms with E-state index in [4.69, 9.17) is 9.47 Å². The first-order valence-corrected chi connectivity index (χ1v) is 7.63. The molecule has 3 nitrogen and oxygen atoms in total. The Morgan fingerprint density at radius 1 is 1.05 bits per heavy atom. The Morgan fingerprint density at radius 3 is 2.30 bits per heavy atom. The third kappa shape index (κ3) is 4.41. The number of hydrogen-bond acceptors (Lipinski definition) is 3. The van der Waals surface area contributed by atoms with Gasteiger partial charge in [0.05, 0.1) is 14.2 Å². The molecule has 0 amide bonds. The van der Waals surface area contributed by atoms with Gasteiger partial charge in [0.2, 0.25) is 0 Å². The molecule has 1 aromatic rings. The highest BCUT2D eigenvalue weighted by atomic mass is 16.5. The van der Waals surface area contributed by atoms with Crippen LogP contribution in [0.1, 0.15) is 51.6 Å². The van der Waals surface area contributed by atoms with Gasteiger partial charge in [-0.2, -0.15) is 0 Å². The molecule has 0 aliphatic carbocycles. The van der Waals surface area contributed by atoms with Gasteiger partial charge in [-0.05, 0) is 43.0 Å². The summed E-state index contributed by atoms with van der Waals surface area (Å²) in [7, 11) is 3.36. The van der Waals surface area contributed by atoms with Crippen molar-refractivity contribution in [3.05, 3.63) is 23.8 Å². The molecule has 0 aliphatic rings. The van der Waals surface area contributed by atoms with Crippen LogP contribution < -0.4 is 14.8 Å². The van der Waals surface area contributed by atoms with Crippen LogP contribution in [-0.2, 0) is 0 Å². The third-order valence-electron chi connectivity index (χ3n) is 3.69. The van der Waals surface area contributed by atoms with Crippen LogP contribution in [-0.4, -0.2) is 20.8 Å². The molecule has 1 N–H and O–H groups in total. The van der Waals surface area contributed by atoms with E-state index in [0.29, 0.717) is 12.0 Å². The summed E-state index contributed by atoms with van der Waals surface area (Å²) in [5, 5.41) is 3.66. The van der Waals surface area contributed by atoms with Gasteiger partial charge in [0.15, 0.2) is 11.5 Å². The quantitative estimate of drug-likeness (QED) is 0.735. The maximum Gasteiger partial charge on any atom is 0.161 e. The van der Waals surface area contributed by atoms with Crippen LogP contribution in [0.25, 0.3) is 0 Å². The van der Waals surface area contributed by atoms with E-state index in [9.17, 15) is 0 Å². The van der Waals surface area contributed by atoms with Crippen LogP contribution in [0.3, 0.4) is 0 Å². The maximum atomic E-state index is 5.42. The monoisotopic (exact) mass is 279 g/mol. The topological polar surface area (TPSA) is 30.5 Å². The summed E-state index contributed by atoms with van der Waals surface area (Å²) in [6.45, 7) is 7.78. The van der Waals surface area contributed by atoms with Gasteiger partial charge < -0.3 is 14.8 Å². The average Bonchev–Trinajstić information content (AvgIpc) is 2.47. The molecule has 20 heavy (non-hydrogen) atoms. The van der Waals surface area contributed by atoms with Gasteiger partial charge in [0, 0.05) is 6.04 Å². The molecule has 0 saturated carbocycles. The molecule has 2 unspecified atom stereocenters. The first-order chi connectivity index (χ1) is 9.67. The van der Waals surface area contributed by atoms with Crippen molar-refractivity contribution in [2.45, 2.75) is 46.1 Å². The van der Waals surface area contributed by atoms with Crippen LogP contribution in [0.4, 0.5) is 0 Å². The van der Waals surface area contributed by atoms with Gasteiger partial charge in [-0.3, -0.25) is 0 Å². The lowest BCUT2D eigenvalue weighted by atomic mass is 9.90. The zero-order valence-corrected chi connectivity index (χ0v) is 13.5. The minimum Gasteiger partial charge on any atom is -0.493 e. The lowest BCUT2D eigenvalue weighted by Crippen LogP contribution is -2.27. The zero-order valence-electron chi connectivity index (χ0n) is 13.5. The fourth-order valence-corrected chi connectivity index (χ4v) is 2.62. The first kappa shape index (κ1) is 16.8. The van der Waals surface area contributed by atoms with Gasteiger partial charge in [0.25, 0.3) is 0 Å². The highest BCUT2D eigenvalue weighted by Crippen LogP contribution is 2.33. The molecule has 1 rings (SSSR count). The van der Waals surface area contributed by atoms with Crippen LogP contribution in [0.2, 0.25) is 0 Å². The molecule has 0 aromatic heterocycles. The Bertz CT molecular complexity index is 393. The molecule has 0 spiro atoms. The summed E-state index contributed by atoms with van der Waals surface area (Å²) in [4.78, 5) is 0. The van der Waals surface area contributed by atoms with Crippen molar-refractivity contribution in [2.24, 2.45) is 5.92 Å².